The molecular formula is C18H15N3OS. The lowest BCUT2D eigenvalue weighted by molar-refractivity contribution is -0.111. The lowest BCUT2D eigenvalue weighted by Crippen LogP contribution is -2.25. The number of carbonyl (C=O) groups is 1. The highest BCUT2D eigenvalue weighted by Gasteiger charge is 2.32. The van der Waals surface area contributed by atoms with Crippen molar-refractivity contribution >= 4 is 33.6 Å². The van der Waals surface area contributed by atoms with Crippen molar-refractivity contribution in [3.05, 3.63) is 45.8 Å². The second-order valence-corrected chi connectivity index (χ2v) is 6.93. The molecule has 2 aromatic rings. The van der Waals surface area contributed by atoms with E-state index in [9.17, 15) is 10.1 Å². The molecule has 114 valence electrons. The van der Waals surface area contributed by atoms with E-state index in [4.69, 9.17) is 0 Å². The van der Waals surface area contributed by atoms with Gasteiger partial charge in [-0.05, 0) is 37.3 Å². The summed E-state index contributed by atoms with van der Waals surface area (Å²) in [5, 5.41) is 10.2. The molecule has 0 saturated carbocycles. The van der Waals surface area contributed by atoms with Crippen LogP contribution in [-0.4, -0.2) is 18.7 Å². The molecule has 1 amide bonds. The van der Waals surface area contributed by atoms with E-state index >= 15 is 0 Å². The Balaban J connectivity index is 1.87. The third-order valence-electron chi connectivity index (χ3n) is 4.51. The van der Waals surface area contributed by atoms with Crippen LogP contribution in [-0.2, 0) is 17.6 Å². The van der Waals surface area contributed by atoms with Gasteiger partial charge >= 0.3 is 0 Å². The van der Waals surface area contributed by atoms with Crippen molar-refractivity contribution in [3.8, 4) is 6.07 Å². The number of anilines is 1. The van der Waals surface area contributed by atoms with Crippen LogP contribution >= 0.6 is 11.3 Å². The fourth-order valence-electron chi connectivity index (χ4n) is 3.30. The van der Waals surface area contributed by atoms with Gasteiger partial charge in [-0.2, -0.15) is 5.26 Å². The number of aliphatic imine (C=N–C) groups is 1. The number of nitrogens with zero attached hydrogens (tertiary/aromatic N) is 3. The molecule has 1 aliphatic heterocycles. The SMILES string of the molecule is CN1C(=O)/C(=N\c2sc3c(c2C#N)CCCC3)c2ccccc21. The number of rotatable bonds is 1. The van der Waals surface area contributed by atoms with E-state index in [0.717, 1.165) is 36.1 Å². The van der Waals surface area contributed by atoms with Gasteiger partial charge in [-0.3, -0.25) is 4.79 Å². The van der Waals surface area contributed by atoms with Crippen molar-refractivity contribution in [2.75, 3.05) is 11.9 Å². The summed E-state index contributed by atoms with van der Waals surface area (Å²) in [6.07, 6.45) is 4.26. The summed E-state index contributed by atoms with van der Waals surface area (Å²) in [6, 6.07) is 9.96. The minimum atomic E-state index is -0.110. The Morgan fingerprint density at radius 1 is 1.26 bits per heavy atom. The van der Waals surface area contributed by atoms with Gasteiger partial charge in [-0.1, -0.05) is 18.2 Å². The predicted molar refractivity (Wildman–Crippen MR) is 91.7 cm³/mol. The Hall–Kier alpha value is -2.45. The van der Waals surface area contributed by atoms with E-state index in [1.807, 2.05) is 24.3 Å². The Labute approximate surface area is 138 Å². The topological polar surface area (TPSA) is 56.5 Å². The van der Waals surface area contributed by atoms with Crippen LogP contribution < -0.4 is 4.90 Å². The van der Waals surface area contributed by atoms with Crippen LogP contribution in [0.15, 0.2) is 29.3 Å². The van der Waals surface area contributed by atoms with Crippen LogP contribution in [0.4, 0.5) is 10.7 Å². The van der Waals surface area contributed by atoms with Crippen molar-refractivity contribution in [1.82, 2.24) is 0 Å². The summed E-state index contributed by atoms with van der Waals surface area (Å²) in [5.41, 5.74) is 3.97. The molecule has 0 unspecified atom stereocenters. The fraction of sp³-hybridized carbons (Fsp3) is 0.278. The number of likely N-dealkylation sites (N-methyl/N-ethyl adjacent to an activating group) is 1. The van der Waals surface area contributed by atoms with Crippen LogP contribution in [0.3, 0.4) is 0 Å². The lowest BCUT2D eigenvalue weighted by Gasteiger charge is -2.09. The molecule has 2 aliphatic rings. The maximum atomic E-state index is 12.5. The normalized spacial score (nSPS) is 18.0. The van der Waals surface area contributed by atoms with Crippen molar-refractivity contribution < 1.29 is 4.79 Å². The van der Waals surface area contributed by atoms with Gasteiger partial charge in [0.05, 0.1) is 11.3 Å². The van der Waals surface area contributed by atoms with E-state index in [-0.39, 0.29) is 5.91 Å². The Bertz CT molecular complexity index is 888. The van der Waals surface area contributed by atoms with Crippen LogP contribution in [0.25, 0.3) is 0 Å². The van der Waals surface area contributed by atoms with E-state index in [1.54, 1.807) is 23.3 Å². The summed E-state index contributed by atoms with van der Waals surface area (Å²) in [4.78, 5) is 20.0. The number of benzene rings is 1. The second-order valence-electron chi connectivity index (χ2n) is 5.84. The maximum Gasteiger partial charge on any atom is 0.277 e. The predicted octanol–water partition coefficient (Wildman–Crippen LogP) is 3.60. The first-order valence-corrected chi connectivity index (χ1v) is 8.53. The van der Waals surface area contributed by atoms with Crippen molar-refractivity contribution in [2.24, 2.45) is 4.99 Å². The first kappa shape index (κ1) is 14.2. The molecule has 0 bridgehead atoms. The molecule has 0 fully saturated rings. The molecule has 0 saturated heterocycles. The molecule has 0 spiro atoms. The van der Waals surface area contributed by atoms with E-state index in [0.29, 0.717) is 16.3 Å². The number of amides is 1. The highest BCUT2D eigenvalue weighted by atomic mass is 32.1. The van der Waals surface area contributed by atoms with Crippen LogP contribution in [0.2, 0.25) is 0 Å². The minimum absolute atomic E-state index is 0.110. The number of hydrogen-bond donors (Lipinski definition) is 0. The van der Waals surface area contributed by atoms with Crippen LogP contribution in [0.1, 0.15) is 34.4 Å². The Morgan fingerprint density at radius 2 is 2.04 bits per heavy atom. The second kappa shape index (κ2) is 5.32. The third-order valence-corrected chi connectivity index (χ3v) is 5.69. The number of thiophene rings is 1. The number of para-hydroxylation sites is 1. The van der Waals surface area contributed by atoms with Crippen molar-refractivity contribution in [3.63, 3.8) is 0 Å². The molecule has 0 N–H and O–H groups in total. The lowest BCUT2D eigenvalue weighted by atomic mass is 9.96. The van der Waals surface area contributed by atoms with Gasteiger partial charge in [0, 0.05) is 17.5 Å². The minimum Gasteiger partial charge on any atom is -0.309 e. The van der Waals surface area contributed by atoms with Gasteiger partial charge in [0.15, 0.2) is 0 Å². The zero-order chi connectivity index (χ0) is 16.0. The average Bonchev–Trinajstić information content (AvgIpc) is 3.06. The molecule has 0 atom stereocenters. The average molecular weight is 321 g/mol. The summed E-state index contributed by atoms with van der Waals surface area (Å²) in [7, 11) is 1.76. The van der Waals surface area contributed by atoms with E-state index in [1.165, 1.54) is 11.3 Å². The van der Waals surface area contributed by atoms with Gasteiger partial charge in [0.1, 0.15) is 16.8 Å². The molecule has 4 nitrogen and oxygen atoms in total. The van der Waals surface area contributed by atoms with E-state index < -0.39 is 0 Å². The Kier molecular flexibility index (Phi) is 3.28. The number of hydrogen-bond acceptors (Lipinski definition) is 4. The number of aryl methyl sites for hydroxylation is 1. The first-order chi connectivity index (χ1) is 11.2. The molecule has 4 rings (SSSR count). The van der Waals surface area contributed by atoms with Gasteiger partial charge in [0.2, 0.25) is 0 Å². The fourth-order valence-corrected chi connectivity index (χ4v) is 4.52. The van der Waals surface area contributed by atoms with Crippen LogP contribution in [0, 0.1) is 11.3 Å². The number of nitriles is 1. The Morgan fingerprint density at radius 3 is 2.87 bits per heavy atom. The van der Waals surface area contributed by atoms with Crippen molar-refractivity contribution in [2.45, 2.75) is 25.7 Å². The number of fused-ring (bicyclic) bond motifs is 2. The van der Waals surface area contributed by atoms with Gasteiger partial charge in [-0.15, -0.1) is 11.3 Å². The maximum absolute atomic E-state index is 12.5. The molecule has 1 aliphatic carbocycles. The molecule has 23 heavy (non-hydrogen) atoms. The van der Waals surface area contributed by atoms with Gasteiger partial charge in [-0.25, -0.2) is 4.99 Å². The zero-order valence-electron chi connectivity index (χ0n) is 12.8. The van der Waals surface area contributed by atoms with Gasteiger partial charge < -0.3 is 4.90 Å². The summed E-state index contributed by atoms with van der Waals surface area (Å²) >= 11 is 1.57. The first-order valence-electron chi connectivity index (χ1n) is 7.71. The summed E-state index contributed by atoms with van der Waals surface area (Å²) in [6.45, 7) is 0. The summed E-state index contributed by atoms with van der Waals surface area (Å²) in [5.74, 6) is -0.110. The monoisotopic (exact) mass is 321 g/mol. The van der Waals surface area contributed by atoms with Gasteiger partial charge in [0.25, 0.3) is 5.91 Å². The highest BCUT2D eigenvalue weighted by molar-refractivity contribution is 7.16. The largest absolute Gasteiger partial charge is 0.309 e. The highest BCUT2D eigenvalue weighted by Crippen LogP contribution is 2.40. The number of carbonyl (C=O) groups excluding carboxylic acids is 1. The van der Waals surface area contributed by atoms with Crippen molar-refractivity contribution in [1.29, 1.82) is 5.26 Å². The smallest absolute Gasteiger partial charge is 0.277 e. The third kappa shape index (κ3) is 2.10. The van der Waals surface area contributed by atoms with Crippen LogP contribution in [0.5, 0.6) is 0 Å². The van der Waals surface area contributed by atoms with E-state index in [2.05, 4.69) is 11.1 Å². The molecule has 1 aromatic heterocycles. The molecule has 2 heterocycles. The summed E-state index contributed by atoms with van der Waals surface area (Å²) < 4.78 is 0. The molecule has 1 aromatic carbocycles. The molecule has 0 radical (unpaired) electrons. The molecular weight excluding hydrogens is 306 g/mol. The zero-order valence-corrected chi connectivity index (χ0v) is 13.6. The molecule has 5 heteroatoms. The standard InChI is InChI=1S/C18H15N3OS/c1-21-14-8-4-2-7-12(14)16(18(21)22)20-17-13(10-19)11-6-3-5-9-15(11)23-17/h2,4,7-8H,3,5-6,9H2,1H3/b20-16-. The quantitative estimate of drug-likeness (QED) is 0.806.